The molecule has 124 valence electrons. The van der Waals surface area contributed by atoms with Crippen LogP contribution in [0.4, 0.5) is 22.0 Å². The fourth-order valence-electron chi connectivity index (χ4n) is 1.97. The highest BCUT2D eigenvalue weighted by molar-refractivity contribution is 5.82. The summed E-state index contributed by atoms with van der Waals surface area (Å²) in [6.45, 7) is -1.25. The topological polar surface area (TPSA) is 44.1 Å². The number of halogens is 5. The van der Waals surface area contributed by atoms with Gasteiger partial charge in [0, 0.05) is 11.8 Å². The first-order chi connectivity index (χ1) is 10.9. The monoisotopic (exact) mass is 334 g/mol. The van der Waals surface area contributed by atoms with Gasteiger partial charge in [-0.3, -0.25) is 9.48 Å². The van der Waals surface area contributed by atoms with Crippen molar-refractivity contribution in [1.82, 2.24) is 9.78 Å². The Morgan fingerprint density at radius 1 is 1.22 bits per heavy atom. The molecule has 0 unspecified atom stereocenters. The van der Waals surface area contributed by atoms with E-state index < -0.39 is 49.6 Å². The molecular formula is C14H11F5N2O2. The van der Waals surface area contributed by atoms with Gasteiger partial charge in [0.05, 0.1) is 12.1 Å². The highest BCUT2D eigenvalue weighted by Gasteiger charge is 2.21. The quantitative estimate of drug-likeness (QED) is 0.593. The Morgan fingerprint density at radius 3 is 2.57 bits per heavy atom. The molecule has 0 saturated carbocycles. The summed E-state index contributed by atoms with van der Waals surface area (Å²) in [6.07, 6.45) is -6.13. The number of aromatic nitrogens is 2. The van der Waals surface area contributed by atoms with Gasteiger partial charge in [-0.25, -0.2) is 13.2 Å². The van der Waals surface area contributed by atoms with E-state index >= 15 is 0 Å². The minimum atomic E-state index is -2.86. The first kappa shape index (κ1) is 16.9. The lowest BCUT2D eigenvalue weighted by atomic mass is 10.2. The van der Waals surface area contributed by atoms with Crippen LogP contribution < -0.4 is 0 Å². The van der Waals surface area contributed by atoms with Crippen LogP contribution in [-0.4, -0.2) is 22.4 Å². The largest absolute Gasteiger partial charge is 0.464 e. The Bertz CT molecular complexity index is 738. The molecule has 0 aliphatic carbocycles. The molecule has 0 spiro atoms. The lowest BCUT2D eigenvalue weighted by Crippen LogP contribution is -2.17. The molecule has 1 aromatic carbocycles. The van der Waals surface area contributed by atoms with Crippen LogP contribution in [0.15, 0.2) is 36.2 Å². The second kappa shape index (κ2) is 7.21. The number of carbonyl (C=O) groups excluding carboxylic acids is 1. The Hall–Kier alpha value is -2.45. The first-order valence-corrected chi connectivity index (χ1v) is 6.49. The Balaban J connectivity index is 2.08. The van der Waals surface area contributed by atoms with Gasteiger partial charge in [-0.1, -0.05) is 18.2 Å². The van der Waals surface area contributed by atoms with E-state index in [2.05, 4.69) is 9.84 Å². The molecule has 0 aliphatic heterocycles. The molecule has 2 aromatic rings. The zero-order chi connectivity index (χ0) is 17.0. The van der Waals surface area contributed by atoms with Crippen LogP contribution in [-0.2, 0) is 16.1 Å². The van der Waals surface area contributed by atoms with Crippen molar-refractivity contribution in [2.75, 3.05) is 6.61 Å². The van der Waals surface area contributed by atoms with E-state index in [9.17, 15) is 26.7 Å². The summed E-state index contributed by atoms with van der Waals surface area (Å²) in [5, 5.41) is 4.08. The van der Waals surface area contributed by atoms with Crippen LogP contribution in [0, 0.1) is 0 Å². The molecule has 0 fully saturated rings. The molecule has 0 aliphatic rings. The number of benzene rings is 1. The molecular weight excluding hydrogens is 323 g/mol. The molecule has 0 atom stereocenters. The Labute approximate surface area is 127 Å². The third kappa shape index (κ3) is 4.05. The van der Waals surface area contributed by atoms with E-state index in [4.69, 9.17) is 0 Å². The SMILES string of the molecule is O=C(Cn1nc2ccccc2c1C(F)F)OCCC(F)=C(F)F. The molecule has 1 aromatic heterocycles. The second-order valence-corrected chi connectivity index (χ2v) is 4.50. The van der Waals surface area contributed by atoms with Crippen molar-refractivity contribution in [3.05, 3.63) is 41.9 Å². The molecule has 23 heavy (non-hydrogen) atoms. The second-order valence-electron chi connectivity index (χ2n) is 4.50. The van der Waals surface area contributed by atoms with Crippen LogP contribution in [0.1, 0.15) is 18.5 Å². The van der Waals surface area contributed by atoms with Gasteiger partial charge in [0.2, 0.25) is 0 Å². The van der Waals surface area contributed by atoms with Crippen molar-refractivity contribution in [2.24, 2.45) is 0 Å². The van der Waals surface area contributed by atoms with Crippen LogP contribution in [0.25, 0.3) is 10.9 Å². The van der Waals surface area contributed by atoms with Crippen LogP contribution in [0.3, 0.4) is 0 Å². The third-order valence-electron chi connectivity index (χ3n) is 2.96. The van der Waals surface area contributed by atoms with Gasteiger partial charge < -0.3 is 4.74 Å². The smallest absolute Gasteiger partial charge is 0.327 e. The number of alkyl halides is 2. The van der Waals surface area contributed by atoms with E-state index in [-0.39, 0.29) is 10.9 Å². The summed E-state index contributed by atoms with van der Waals surface area (Å²) < 4.78 is 67.8. The maximum Gasteiger partial charge on any atom is 0.327 e. The van der Waals surface area contributed by atoms with Crippen molar-refractivity contribution in [2.45, 2.75) is 19.4 Å². The third-order valence-corrected chi connectivity index (χ3v) is 2.96. The number of ether oxygens (including phenoxy) is 1. The van der Waals surface area contributed by atoms with E-state index in [1.807, 2.05) is 0 Å². The highest BCUT2D eigenvalue weighted by atomic mass is 19.3. The number of rotatable bonds is 6. The minimum absolute atomic E-state index is 0.198. The molecule has 9 heteroatoms. The summed E-state index contributed by atoms with van der Waals surface area (Å²) in [6, 6.07) is 6.11. The summed E-state index contributed by atoms with van der Waals surface area (Å²) in [5.74, 6) is -2.66. The molecule has 0 amide bonds. The van der Waals surface area contributed by atoms with Gasteiger partial charge in [0.1, 0.15) is 12.2 Å². The lowest BCUT2D eigenvalue weighted by molar-refractivity contribution is -0.144. The molecule has 1 heterocycles. The predicted octanol–water partition coefficient (Wildman–Crippen LogP) is 3.98. The molecule has 0 bridgehead atoms. The van der Waals surface area contributed by atoms with Crippen molar-refractivity contribution in [3.63, 3.8) is 0 Å². The lowest BCUT2D eigenvalue weighted by Gasteiger charge is -2.07. The molecule has 0 saturated heterocycles. The molecule has 0 N–H and O–H groups in total. The number of hydrogen-bond donors (Lipinski definition) is 0. The number of fused-ring (bicyclic) bond motifs is 1. The van der Waals surface area contributed by atoms with Crippen LogP contribution in [0.5, 0.6) is 0 Å². The van der Waals surface area contributed by atoms with Gasteiger partial charge in [-0.05, 0) is 6.07 Å². The zero-order valence-electron chi connectivity index (χ0n) is 11.6. The van der Waals surface area contributed by atoms with Crippen molar-refractivity contribution in [1.29, 1.82) is 0 Å². The maximum atomic E-state index is 13.1. The highest BCUT2D eigenvalue weighted by Crippen LogP contribution is 2.27. The average molecular weight is 334 g/mol. The standard InChI is InChI=1S/C14H11F5N2O2/c15-9(13(16)17)5-6-23-11(22)7-21-12(14(18)19)8-3-1-2-4-10(8)20-21/h1-4,14H,5-7H2. The van der Waals surface area contributed by atoms with Crippen molar-refractivity contribution < 1.29 is 31.5 Å². The fraction of sp³-hybridized carbons (Fsp3) is 0.286. The van der Waals surface area contributed by atoms with Crippen LogP contribution >= 0.6 is 0 Å². The van der Waals surface area contributed by atoms with Gasteiger partial charge in [-0.15, -0.1) is 0 Å². The number of carbonyl (C=O) groups is 1. The zero-order valence-corrected chi connectivity index (χ0v) is 11.6. The van der Waals surface area contributed by atoms with Gasteiger partial charge >= 0.3 is 12.0 Å². The number of hydrogen-bond acceptors (Lipinski definition) is 3. The van der Waals surface area contributed by atoms with Gasteiger partial charge in [0.15, 0.2) is 5.83 Å². The Kier molecular flexibility index (Phi) is 5.30. The molecule has 0 radical (unpaired) electrons. The molecule has 4 nitrogen and oxygen atoms in total. The number of nitrogens with zero attached hydrogens (tertiary/aromatic N) is 2. The van der Waals surface area contributed by atoms with Crippen molar-refractivity contribution in [3.8, 4) is 0 Å². The summed E-state index contributed by atoms with van der Waals surface area (Å²) >= 11 is 0. The van der Waals surface area contributed by atoms with E-state index in [0.717, 1.165) is 4.68 Å². The normalized spacial score (nSPS) is 11.0. The van der Waals surface area contributed by atoms with E-state index in [1.165, 1.54) is 12.1 Å². The van der Waals surface area contributed by atoms with Gasteiger partial charge in [0.25, 0.3) is 6.43 Å². The van der Waals surface area contributed by atoms with Crippen molar-refractivity contribution >= 4 is 16.9 Å². The van der Waals surface area contributed by atoms with E-state index in [0.29, 0.717) is 0 Å². The maximum absolute atomic E-state index is 13.1. The average Bonchev–Trinajstić information content (AvgIpc) is 2.84. The summed E-state index contributed by atoms with van der Waals surface area (Å²) in [5.41, 5.74) is -0.164. The molecule has 2 rings (SSSR count). The summed E-state index contributed by atoms with van der Waals surface area (Å²) in [4.78, 5) is 11.6. The van der Waals surface area contributed by atoms with Crippen LogP contribution in [0.2, 0.25) is 0 Å². The van der Waals surface area contributed by atoms with Gasteiger partial charge in [-0.2, -0.15) is 13.9 Å². The van der Waals surface area contributed by atoms with E-state index in [1.54, 1.807) is 12.1 Å². The minimum Gasteiger partial charge on any atom is -0.464 e. The predicted molar refractivity (Wildman–Crippen MR) is 70.6 cm³/mol. The summed E-state index contributed by atoms with van der Waals surface area (Å²) in [7, 11) is 0. The number of esters is 1. The fourth-order valence-corrected chi connectivity index (χ4v) is 1.97. The first-order valence-electron chi connectivity index (χ1n) is 6.49. The Morgan fingerprint density at radius 2 is 1.91 bits per heavy atom.